The Balaban J connectivity index is 2.21. The Morgan fingerprint density at radius 2 is 2.14 bits per heavy atom. The zero-order chi connectivity index (χ0) is 15.1. The average molecular weight is 290 g/mol. The number of aromatic nitrogens is 2. The Bertz CT molecular complexity index is 855. The van der Waals surface area contributed by atoms with Crippen molar-refractivity contribution in [2.24, 2.45) is 5.92 Å². The molecule has 0 saturated heterocycles. The normalized spacial score (nSPS) is 16.8. The minimum absolute atomic E-state index is 0.344. The van der Waals surface area contributed by atoms with Gasteiger partial charge in [0.1, 0.15) is 5.82 Å². The predicted octanol–water partition coefficient (Wildman–Crippen LogP) is 1.12. The molecule has 108 valence electrons. The highest BCUT2D eigenvalue weighted by molar-refractivity contribution is 5.78. The van der Waals surface area contributed by atoms with E-state index in [1.807, 2.05) is 0 Å². The van der Waals surface area contributed by atoms with Crippen LogP contribution in [-0.2, 0) is 4.79 Å². The molecule has 1 atom stereocenters. The van der Waals surface area contributed by atoms with Crippen LogP contribution in [0.15, 0.2) is 18.2 Å². The first-order chi connectivity index (χ1) is 9.97. The van der Waals surface area contributed by atoms with Gasteiger partial charge in [0.05, 0.1) is 22.3 Å². The second-order valence-electron chi connectivity index (χ2n) is 4.91. The Hall–Kier alpha value is -2.50. The van der Waals surface area contributed by atoms with E-state index >= 15 is 0 Å². The van der Waals surface area contributed by atoms with Gasteiger partial charge in [0.15, 0.2) is 11.6 Å². The van der Waals surface area contributed by atoms with Crippen LogP contribution >= 0.6 is 0 Å². The molecule has 2 aromatic rings. The fourth-order valence-electron chi connectivity index (χ4n) is 2.51. The first kappa shape index (κ1) is 13.5. The molecule has 6 heteroatoms. The van der Waals surface area contributed by atoms with Crippen molar-refractivity contribution in [1.82, 2.24) is 9.55 Å². The number of fused-ring (bicyclic) bond motifs is 1. The summed E-state index contributed by atoms with van der Waals surface area (Å²) < 4.78 is 28.1. The number of hydrogen-bond donors (Lipinski definition) is 1. The van der Waals surface area contributed by atoms with Crippen LogP contribution in [0.2, 0.25) is 0 Å². The summed E-state index contributed by atoms with van der Waals surface area (Å²) in [6, 6.07) is 3.62. The zero-order valence-electron chi connectivity index (χ0n) is 11.2. The van der Waals surface area contributed by atoms with E-state index in [4.69, 9.17) is 5.11 Å². The van der Waals surface area contributed by atoms with Gasteiger partial charge in [0.25, 0.3) is 0 Å². The Kier molecular flexibility index (Phi) is 3.08. The van der Waals surface area contributed by atoms with Crippen LogP contribution in [0.1, 0.15) is 12.2 Å². The van der Waals surface area contributed by atoms with Crippen molar-refractivity contribution in [3.8, 4) is 5.69 Å². The number of aliphatic carboxylic acids is 1. The van der Waals surface area contributed by atoms with Gasteiger partial charge in [0, 0.05) is 6.07 Å². The van der Waals surface area contributed by atoms with Crippen molar-refractivity contribution in [3.05, 3.63) is 46.4 Å². The van der Waals surface area contributed by atoms with E-state index in [0.29, 0.717) is 28.6 Å². The average Bonchev–Trinajstić information content (AvgIpc) is 2.76. The fourth-order valence-corrected chi connectivity index (χ4v) is 2.51. The summed E-state index contributed by atoms with van der Waals surface area (Å²) in [6.45, 7) is 1.73. The molecule has 1 aromatic carbocycles. The number of carbonyl (C=O) groups is 1. The molecule has 0 aliphatic heterocycles. The maximum absolute atomic E-state index is 13.4. The lowest BCUT2D eigenvalue weighted by molar-refractivity contribution is -0.139. The Morgan fingerprint density at radius 1 is 1.38 bits per heavy atom. The van der Waals surface area contributed by atoms with E-state index in [0.717, 1.165) is 12.1 Å². The molecule has 1 heterocycles. The second-order valence-corrected chi connectivity index (χ2v) is 4.91. The summed E-state index contributed by atoms with van der Waals surface area (Å²) in [6.07, 6.45) is 3.69. The maximum Gasteiger partial charge on any atom is 0.310 e. The minimum atomic E-state index is -0.933. The first-order valence-electron chi connectivity index (χ1n) is 6.43. The molecule has 1 aliphatic rings. The monoisotopic (exact) mass is 290 g/mol. The van der Waals surface area contributed by atoms with E-state index in [1.54, 1.807) is 23.6 Å². The molecular formula is C15H12F2N2O2. The van der Waals surface area contributed by atoms with Crippen molar-refractivity contribution in [2.45, 2.75) is 13.3 Å². The minimum Gasteiger partial charge on any atom is -0.481 e. The number of nitrogens with zero attached hydrogens (tertiary/aromatic N) is 2. The highest BCUT2D eigenvalue weighted by Crippen LogP contribution is 2.14. The summed E-state index contributed by atoms with van der Waals surface area (Å²) in [4.78, 5) is 15.3. The van der Waals surface area contributed by atoms with Crippen molar-refractivity contribution in [3.63, 3.8) is 0 Å². The van der Waals surface area contributed by atoms with Gasteiger partial charge in [0.2, 0.25) is 0 Å². The molecule has 1 aromatic heterocycles. The Labute approximate surface area is 118 Å². The quantitative estimate of drug-likeness (QED) is 0.902. The SMILES string of the molecule is Cc1nc2c(n1-c1ccc(F)c(F)c1)=CCC(C(=O)O)C=2. The van der Waals surface area contributed by atoms with Gasteiger partial charge in [-0.25, -0.2) is 13.8 Å². The number of hydrogen-bond acceptors (Lipinski definition) is 2. The van der Waals surface area contributed by atoms with Crippen LogP contribution in [-0.4, -0.2) is 20.6 Å². The van der Waals surface area contributed by atoms with Crippen molar-refractivity contribution < 1.29 is 18.7 Å². The molecule has 0 radical (unpaired) electrons. The predicted molar refractivity (Wildman–Crippen MR) is 72.1 cm³/mol. The largest absolute Gasteiger partial charge is 0.481 e. The lowest BCUT2D eigenvalue weighted by Crippen LogP contribution is -2.34. The number of benzene rings is 1. The molecule has 1 N–H and O–H groups in total. The van der Waals surface area contributed by atoms with Crippen LogP contribution in [0, 0.1) is 24.5 Å². The van der Waals surface area contributed by atoms with E-state index in [1.165, 1.54) is 6.07 Å². The van der Waals surface area contributed by atoms with Gasteiger partial charge in [-0.1, -0.05) is 6.08 Å². The third-order valence-electron chi connectivity index (χ3n) is 3.51. The van der Waals surface area contributed by atoms with Crippen LogP contribution in [0.5, 0.6) is 0 Å². The van der Waals surface area contributed by atoms with Crippen LogP contribution < -0.4 is 10.7 Å². The second kappa shape index (κ2) is 4.80. The van der Waals surface area contributed by atoms with Gasteiger partial charge in [-0.15, -0.1) is 0 Å². The summed E-state index contributed by atoms with van der Waals surface area (Å²) in [5.74, 6) is -2.77. The summed E-state index contributed by atoms with van der Waals surface area (Å²) in [7, 11) is 0. The highest BCUT2D eigenvalue weighted by atomic mass is 19.2. The van der Waals surface area contributed by atoms with Gasteiger partial charge in [-0.3, -0.25) is 9.36 Å². The van der Waals surface area contributed by atoms with E-state index in [2.05, 4.69) is 4.98 Å². The summed E-state index contributed by atoms with van der Waals surface area (Å²) in [5, 5.41) is 10.3. The topological polar surface area (TPSA) is 55.1 Å². The molecule has 3 rings (SSSR count). The molecule has 0 amide bonds. The van der Waals surface area contributed by atoms with E-state index in [-0.39, 0.29) is 0 Å². The number of halogens is 2. The van der Waals surface area contributed by atoms with E-state index in [9.17, 15) is 13.6 Å². The van der Waals surface area contributed by atoms with Crippen molar-refractivity contribution in [2.75, 3.05) is 0 Å². The number of imidazole rings is 1. The summed E-state index contributed by atoms with van der Waals surface area (Å²) in [5.41, 5.74) is 0.457. The third-order valence-corrected chi connectivity index (χ3v) is 3.51. The van der Waals surface area contributed by atoms with Crippen LogP contribution in [0.4, 0.5) is 8.78 Å². The maximum atomic E-state index is 13.4. The lowest BCUT2D eigenvalue weighted by atomic mass is 10.0. The molecule has 0 spiro atoms. The molecule has 21 heavy (non-hydrogen) atoms. The summed E-state index contributed by atoms with van der Waals surface area (Å²) >= 11 is 0. The number of carboxylic acid groups (broad SMARTS) is 1. The third kappa shape index (κ3) is 2.22. The molecule has 0 fully saturated rings. The van der Waals surface area contributed by atoms with Crippen molar-refractivity contribution in [1.29, 1.82) is 0 Å². The van der Waals surface area contributed by atoms with Gasteiger partial charge in [-0.2, -0.15) is 0 Å². The van der Waals surface area contributed by atoms with Gasteiger partial charge >= 0.3 is 5.97 Å². The first-order valence-corrected chi connectivity index (χ1v) is 6.43. The fraction of sp³-hybridized carbons (Fsp3) is 0.200. The molecule has 0 saturated carbocycles. The Morgan fingerprint density at radius 3 is 2.81 bits per heavy atom. The smallest absolute Gasteiger partial charge is 0.310 e. The van der Waals surface area contributed by atoms with Gasteiger partial charge in [-0.05, 0) is 31.6 Å². The van der Waals surface area contributed by atoms with Gasteiger partial charge < -0.3 is 5.11 Å². The molecule has 4 nitrogen and oxygen atoms in total. The lowest BCUT2D eigenvalue weighted by Gasteiger charge is -2.09. The standard InChI is InChI=1S/C15H12F2N2O2/c1-8-18-13-6-9(15(20)21)2-5-14(13)19(8)10-3-4-11(16)12(17)7-10/h3-7,9H,2H2,1H3,(H,20,21). The number of carboxylic acids is 1. The molecule has 1 aliphatic carbocycles. The molecule has 0 bridgehead atoms. The zero-order valence-corrected chi connectivity index (χ0v) is 11.2. The van der Waals surface area contributed by atoms with Crippen molar-refractivity contribution >= 4 is 18.1 Å². The molecular weight excluding hydrogens is 278 g/mol. The van der Waals surface area contributed by atoms with E-state index < -0.39 is 23.5 Å². The highest BCUT2D eigenvalue weighted by Gasteiger charge is 2.19. The number of aryl methyl sites for hydroxylation is 1. The van der Waals surface area contributed by atoms with Crippen LogP contribution in [0.25, 0.3) is 17.8 Å². The van der Waals surface area contributed by atoms with Crippen LogP contribution in [0.3, 0.4) is 0 Å². The molecule has 1 unspecified atom stereocenters. The number of rotatable bonds is 2.